The number of hydrogen-bond acceptors (Lipinski definition) is 4. The number of nitrogens with one attached hydrogen (secondary N) is 1. The van der Waals surface area contributed by atoms with Crippen molar-refractivity contribution >= 4 is 17.5 Å². The van der Waals surface area contributed by atoms with Gasteiger partial charge in [-0.1, -0.05) is 30.3 Å². The molecule has 0 bridgehead atoms. The lowest BCUT2D eigenvalue weighted by atomic mass is 10.1. The van der Waals surface area contributed by atoms with Crippen LogP contribution in [-0.4, -0.2) is 37.0 Å². The number of methoxy groups -OCH3 is 1. The van der Waals surface area contributed by atoms with Crippen LogP contribution < -0.4 is 5.32 Å². The first-order chi connectivity index (χ1) is 14.5. The summed E-state index contributed by atoms with van der Waals surface area (Å²) in [6, 6.07) is 17.1. The third kappa shape index (κ3) is 4.14. The zero-order valence-corrected chi connectivity index (χ0v) is 17.1. The number of furan rings is 1. The van der Waals surface area contributed by atoms with Crippen LogP contribution in [0.4, 0.5) is 5.69 Å². The SMILES string of the molecule is COCC(=O)N1CCc2oc(-c3cccc(NC(=O)c4ccccc4C)c3)cc2C1. The zero-order valence-electron chi connectivity index (χ0n) is 17.1. The van der Waals surface area contributed by atoms with Gasteiger partial charge >= 0.3 is 0 Å². The minimum Gasteiger partial charge on any atom is -0.461 e. The second-order valence-electron chi connectivity index (χ2n) is 7.41. The second-order valence-corrected chi connectivity index (χ2v) is 7.41. The van der Waals surface area contributed by atoms with Crippen molar-refractivity contribution in [2.45, 2.75) is 19.9 Å². The smallest absolute Gasteiger partial charge is 0.255 e. The van der Waals surface area contributed by atoms with E-state index >= 15 is 0 Å². The number of ether oxygens (including phenoxy) is 1. The average Bonchev–Trinajstić information content (AvgIpc) is 3.18. The van der Waals surface area contributed by atoms with Crippen LogP contribution in [0.5, 0.6) is 0 Å². The zero-order chi connectivity index (χ0) is 21.1. The minimum atomic E-state index is -0.142. The molecule has 1 aliphatic heterocycles. The first-order valence-corrected chi connectivity index (χ1v) is 9.91. The maximum Gasteiger partial charge on any atom is 0.255 e. The molecule has 0 saturated heterocycles. The fourth-order valence-electron chi connectivity index (χ4n) is 3.68. The lowest BCUT2D eigenvalue weighted by Crippen LogP contribution is -2.37. The predicted octanol–water partition coefficient (Wildman–Crippen LogP) is 4.04. The van der Waals surface area contributed by atoms with Gasteiger partial charge in [0.15, 0.2) is 0 Å². The molecule has 30 heavy (non-hydrogen) atoms. The molecular formula is C24H24N2O4. The minimum absolute atomic E-state index is 0.0215. The highest BCUT2D eigenvalue weighted by molar-refractivity contribution is 6.05. The van der Waals surface area contributed by atoms with Gasteiger partial charge < -0.3 is 19.4 Å². The molecule has 0 fully saturated rings. The van der Waals surface area contributed by atoms with Crippen LogP contribution in [0.2, 0.25) is 0 Å². The van der Waals surface area contributed by atoms with Gasteiger partial charge in [-0.15, -0.1) is 0 Å². The molecule has 1 aromatic heterocycles. The molecule has 6 heteroatoms. The number of nitrogens with zero attached hydrogens (tertiary/aromatic N) is 1. The summed E-state index contributed by atoms with van der Waals surface area (Å²) < 4.78 is 11.0. The van der Waals surface area contributed by atoms with Crippen molar-refractivity contribution in [1.29, 1.82) is 0 Å². The maximum absolute atomic E-state index is 12.6. The number of carbonyl (C=O) groups excluding carboxylic acids is 2. The molecule has 2 amide bonds. The number of carbonyl (C=O) groups is 2. The predicted molar refractivity (Wildman–Crippen MR) is 114 cm³/mol. The summed E-state index contributed by atoms with van der Waals surface area (Å²) in [5.41, 5.74) is 4.17. The van der Waals surface area contributed by atoms with E-state index in [-0.39, 0.29) is 18.4 Å². The van der Waals surface area contributed by atoms with Gasteiger partial charge in [0.25, 0.3) is 5.91 Å². The van der Waals surface area contributed by atoms with Crippen molar-refractivity contribution in [3.05, 3.63) is 77.0 Å². The molecule has 2 aromatic carbocycles. The van der Waals surface area contributed by atoms with Crippen LogP contribution >= 0.6 is 0 Å². The summed E-state index contributed by atoms with van der Waals surface area (Å²) in [6.07, 6.45) is 0.675. The van der Waals surface area contributed by atoms with Crippen molar-refractivity contribution < 1.29 is 18.7 Å². The molecule has 0 aliphatic carbocycles. The Morgan fingerprint density at radius 2 is 1.97 bits per heavy atom. The fourth-order valence-corrected chi connectivity index (χ4v) is 3.68. The molecule has 0 unspecified atom stereocenters. The van der Waals surface area contributed by atoms with E-state index in [2.05, 4.69) is 5.32 Å². The molecule has 3 aromatic rings. The van der Waals surface area contributed by atoms with Gasteiger partial charge in [0.2, 0.25) is 5.91 Å². The largest absolute Gasteiger partial charge is 0.461 e. The van der Waals surface area contributed by atoms with Crippen molar-refractivity contribution in [2.75, 3.05) is 25.6 Å². The summed E-state index contributed by atoms with van der Waals surface area (Å²) >= 11 is 0. The Kier molecular flexibility index (Phi) is 5.68. The Balaban J connectivity index is 1.52. The van der Waals surface area contributed by atoms with E-state index < -0.39 is 0 Å². The lowest BCUT2D eigenvalue weighted by molar-refractivity contribution is -0.136. The van der Waals surface area contributed by atoms with E-state index in [1.807, 2.05) is 61.5 Å². The van der Waals surface area contributed by atoms with Crippen molar-refractivity contribution in [1.82, 2.24) is 4.90 Å². The lowest BCUT2D eigenvalue weighted by Gasteiger charge is -2.25. The molecule has 1 aliphatic rings. The highest BCUT2D eigenvalue weighted by Crippen LogP contribution is 2.31. The second kappa shape index (κ2) is 8.55. The fraction of sp³-hybridized carbons (Fsp3) is 0.250. The van der Waals surface area contributed by atoms with Gasteiger partial charge in [0.1, 0.15) is 18.1 Å². The number of rotatable bonds is 5. The first kappa shape index (κ1) is 19.9. The van der Waals surface area contributed by atoms with Gasteiger partial charge in [0.05, 0.1) is 0 Å². The number of amides is 2. The third-order valence-electron chi connectivity index (χ3n) is 5.28. The molecule has 154 valence electrons. The summed E-state index contributed by atoms with van der Waals surface area (Å²) in [5, 5.41) is 2.96. The Morgan fingerprint density at radius 3 is 2.77 bits per heavy atom. The molecule has 0 radical (unpaired) electrons. The van der Waals surface area contributed by atoms with Gasteiger partial charge in [-0.2, -0.15) is 0 Å². The number of fused-ring (bicyclic) bond motifs is 1. The molecule has 0 atom stereocenters. The summed E-state index contributed by atoms with van der Waals surface area (Å²) in [4.78, 5) is 26.5. The van der Waals surface area contributed by atoms with Crippen LogP contribution in [-0.2, 0) is 22.5 Å². The Hall–Kier alpha value is -3.38. The molecule has 6 nitrogen and oxygen atoms in total. The van der Waals surface area contributed by atoms with Crippen molar-refractivity contribution in [3.63, 3.8) is 0 Å². The van der Waals surface area contributed by atoms with Gasteiger partial charge in [-0.25, -0.2) is 0 Å². The number of anilines is 1. The summed E-state index contributed by atoms with van der Waals surface area (Å²) in [7, 11) is 1.52. The molecule has 4 rings (SSSR count). The van der Waals surface area contributed by atoms with E-state index in [4.69, 9.17) is 9.15 Å². The van der Waals surface area contributed by atoms with Crippen molar-refractivity contribution in [2.24, 2.45) is 0 Å². The quantitative estimate of drug-likeness (QED) is 0.697. The summed E-state index contributed by atoms with van der Waals surface area (Å²) in [6.45, 7) is 3.14. The Morgan fingerprint density at radius 1 is 1.13 bits per heavy atom. The van der Waals surface area contributed by atoms with E-state index in [0.717, 1.165) is 28.2 Å². The van der Waals surface area contributed by atoms with Crippen LogP contribution in [0.25, 0.3) is 11.3 Å². The normalized spacial score (nSPS) is 13.1. The van der Waals surface area contributed by atoms with Gasteiger partial charge in [-0.3, -0.25) is 9.59 Å². The molecule has 0 saturated carbocycles. The van der Waals surface area contributed by atoms with Crippen molar-refractivity contribution in [3.8, 4) is 11.3 Å². The number of hydrogen-bond donors (Lipinski definition) is 1. The molecule has 0 spiro atoms. The monoisotopic (exact) mass is 404 g/mol. The summed E-state index contributed by atoms with van der Waals surface area (Å²) in [5.74, 6) is 1.47. The standard InChI is InChI=1S/C24H24N2O4/c1-16-6-3-4-9-20(16)24(28)25-19-8-5-7-17(12-19)22-13-18-14-26(23(27)15-29-2)11-10-21(18)30-22/h3-9,12-13H,10-11,14-15H2,1-2H3,(H,25,28). The topological polar surface area (TPSA) is 71.8 Å². The molecule has 1 N–H and O–H groups in total. The highest BCUT2D eigenvalue weighted by Gasteiger charge is 2.24. The van der Waals surface area contributed by atoms with Crippen LogP contribution in [0.1, 0.15) is 27.2 Å². The first-order valence-electron chi connectivity index (χ1n) is 9.91. The van der Waals surface area contributed by atoms with Crippen LogP contribution in [0.15, 0.2) is 59.0 Å². The van der Waals surface area contributed by atoms with Crippen LogP contribution in [0, 0.1) is 6.92 Å². The van der Waals surface area contributed by atoms with Crippen LogP contribution in [0.3, 0.4) is 0 Å². The van der Waals surface area contributed by atoms with Gasteiger partial charge in [-0.05, 0) is 36.8 Å². The molecular weight excluding hydrogens is 380 g/mol. The third-order valence-corrected chi connectivity index (χ3v) is 5.28. The maximum atomic E-state index is 12.6. The van der Waals surface area contributed by atoms with E-state index in [9.17, 15) is 9.59 Å². The molecule has 2 heterocycles. The number of benzene rings is 2. The van der Waals surface area contributed by atoms with Gasteiger partial charge in [0, 0.05) is 49.0 Å². The Bertz CT molecular complexity index is 1090. The van der Waals surface area contributed by atoms with E-state index in [1.54, 1.807) is 4.90 Å². The number of aryl methyl sites for hydroxylation is 1. The van der Waals surface area contributed by atoms with E-state index in [0.29, 0.717) is 30.8 Å². The average molecular weight is 404 g/mol. The van der Waals surface area contributed by atoms with E-state index in [1.165, 1.54) is 7.11 Å². The highest BCUT2D eigenvalue weighted by atomic mass is 16.5. The Labute approximate surface area is 175 Å².